The van der Waals surface area contributed by atoms with Crippen molar-refractivity contribution in [1.82, 2.24) is 10.6 Å². The Kier molecular flexibility index (Phi) is 7.45. The van der Waals surface area contributed by atoms with Crippen LogP contribution in [0.4, 0.5) is 0 Å². The molecule has 2 rings (SSSR count). The highest BCUT2D eigenvalue weighted by molar-refractivity contribution is 6.05. The van der Waals surface area contributed by atoms with Crippen LogP contribution in [0.15, 0.2) is 52.8 Å². The van der Waals surface area contributed by atoms with Crippen LogP contribution in [0.2, 0.25) is 0 Å². The van der Waals surface area contributed by atoms with E-state index in [9.17, 15) is 9.59 Å². The molecule has 0 aliphatic carbocycles. The van der Waals surface area contributed by atoms with Crippen LogP contribution in [-0.4, -0.2) is 39.2 Å². The molecule has 0 aliphatic heterocycles. The summed E-state index contributed by atoms with van der Waals surface area (Å²) >= 11 is 0. The van der Waals surface area contributed by atoms with Gasteiger partial charge >= 0.3 is 0 Å². The predicted octanol–water partition coefficient (Wildman–Crippen LogP) is 2.21. The van der Waals surface area contributed by atoms with Gasteiger partial charge in [-0.3, -0.25) is 9.59 Å². The molecule has 0 aliphatic rings. The van der Waals surface area contributed by atoms with E-state index in [2.05, 4.69) is 10.6 Å². The number of benzene rings is 1. The third kappa shape index (κ3) is 5.78. The minimum absolute atomic E-state index is 0.0955. The molecule has 0 radical (unpaired) electrons. The van der Waals surface area contributed by atoms with Gasteiger partial charge in [0.05, 0.1) is 13.4 Å². The zero-order chi connectivity index (χ0) is 18.8. The van der Waals surface area contributed by atoms with Crippen LogP contribution in [0.1, 0.15) is 22.5 Å². The van der Waals surface area contributed by atoms with Gasteiger partial charge in [0, 0.05) is 31.9 Å². The maximum absolute atomic E-state index is 12.4. The van der Waals surface area contributed by atoms with Crippen molar-refractivity contribution < 1.29 is 23.5 Å². The van der Waals surface area contributed by atoms with Crippen molar-refractivity contribution in [3.8, 4) is 5.75 Å². The van der Waals surface area contributed by atoms with Crippen molar-refractivity contribution in [3.63, 3.8) is 0 Å². The highest BCUT2D eigenvalue weighted by Crippen LogP contribution is 2.12. The third-order valence-electron chi connectivity index (χ3n) is 3.49. The SMILES string of the molecule is COCCCNC(=O)/C(=C/c1ccco1)NC(=O)c1ccc(OC)cc1. The van der Waals surface area contributed by atoms with Gasteiger partial charge in [0.2, 0.25) is 0 Å². The molecule has 0 atom stereocenters. The summed E-state index contributed by atoms with van der Waals surface area (Å²) in [5.41, 5.74) is 0.501. The Labute approximate surface area is 152 Å². The highest BCUT2D eigenvalue weighted by atomic mass is 16.5. The molecule has 2 N–H and O–H groups in total. The molecular weight excluding hydrogens is 336 g/mol. The third-order valence-corrected chi connectivity index (χ3v) is 3.49. The van der Waals surface area contributed by atoms with Crippen molar-refractivity contribution in [2.45, 2.75) is 6.42 Å². The Balaban J connectivity index is 2.10. The van der Waals surface area contributed by atoms with E-state index >= 15 is 0 Å². The minimum atomic E-state index is -0.405. The molecular formula is C19H22N2O5. The number of rotatable bonds is 9. The zero-order valence-corrected chi connectivity index (χ0v) is 14.8. The monoisotopic (exact) mass is 358 g/mol. The lowest BCUT2D eigenvalue weighted by Gasteiger charge is -2.11. The van der Waals surface area contributed by atoms with Crippen LogP contribution in [-0.2, 0) is 9.53 Å². The number of carbonyl (C=O) groups is 2. The van der Waals surface area contributed by atoms with E-state index < -0.39 is 11.8 Å². The van der Waals surface area contributed by atoms with Gasteiger partial charge in [-0.05, 0) is 42.8 Å². The lowest BCUT2D eigenvalue weighted by Crippen LogP contribution is -2.35. The number of carbonyl (C=O) groups excluding carboxylic acids is 2. The zero-order valence-electron chi connectivity index (χ0n) is 14.8. The lowest BCUT2D eigenvalue weighted by atomic mass is 10.2. The summed E-state index contributed by atoms with van der Waals surface area (Å²) in [7, 11) is 3.15. The number of ether oxygens (including phenoxy) is 2. The summed E-state index contributed by atoms with van der Waals surface area (Å²) in [5, 5.41) is 5.37. The topological polar surface area (TPSA) is 89.8 Å². The smallest absolute Gasteiger partial charge is 0.267 e. The van der Waals surface area contributed by atoms with E-state index in [0.29, 0.717) is 36.6 Å². The first-order valence-electron chi connectivity index (χ1n) is 8.11. The average Bonchev–Trinajstić information content (AvgIpc) is 3.17. The molecule has 0 bridgehead atoms. The van der Waals surface area contributed by atoms with Crippen LogP contribution in [0, 0.1) is 0 Å². The second kappa shape index (κ2) is 10.0. The highest BCUT2D eigenvalue weighted by Gasteiger charge is 2.15. The van der Waals surface area contributed by atoms with Gasteiger partial charge in [0.15, 0.2) is 0 Å². The molecule has 1 aromatic heterocycles. The molecule has 0 saturated carbocycles. The summed E-state index contributed by atoms with van der Waals surface area (Å²) < 4.78 is 15.3. The molecule has 1 aromatic carbocycles. The van der Waals surface area contributed by atoms with E-state index in [1.165, 1.54) is 12.3 Å². The molecule has 1 heterocycles. The number of hydrogen-bond acceptors (Lipinski definition) is 5. The van der Waals surface area contributed by atoms with Crippen molar-refractivity contribution in [2.24, 2.45) is 0 Å². The molecule has 0 spiro atoms. The minimum Gasteiger partial charge on any atom is -0.497 e. The number of methoxy groups -OCH3 is 2. The van der Waals surface area contributed by atoms with Gasteiger partial charge in [-0.2, -0.15) is 0 Å². The molecule has 2 amide bonds. The van der Waals surface area contributed by atoms with Crippen LogP contribution >= 0.6 is 0 Å². The number of hydrogen-bond donors (Lipinski definition) is 2. The standard InChI is InChI=1S/C19H22N2O5/c1-24-11-4-10-20-19(23)17(13-16-5-3-12-26-16)21-18(22)14-6-8-15(25-2)9-7-14/h3,5-9,12-13H,4,10-11H2,1-2H3,(H,20,23)(H,21,22)/b17-13-. The van der Waals surface area contributed by atoms with E-state index in [4.69, 9.17) is 13.9 Å². The first-order chi connectivity index (χ1) is 12.6. The van der Waals surface area contributed by atoms with Crippen LogP contribution in [0.5, 0.6) is 5.75 Å². The lowest BCUT2D eigenvalue weighted by molar-refractivity contribution is -0.117. The molecule has 7 nitrogen and oxygen atoms in total. The van der Waals surface area contributed by atoms with Crippen LogP contribution in [0.3, 0.4) is 0 Å². The Hall–Kier alpha value is -3.06. The molecule has 138 valence electrons. The number of nitrogens with one attached hydrogen (secondary N) is 2. The maximum atomic E-state index is 12.4. The summed E-state index contributed by atoms with van der Waals surface area (Å²) in [5.74, 6) is 0.294. The molecule has 26 heavy (non-hydrogen) atoms. The van der Waals surface area contributed by atoms with Crippen molar-refractivity contribution in [1.29, 1.82) is 0 Å². The first-order valence-corrected chi connectivity index (χ1v) is 8.11. The van der Waals surface area contributed by atoms with E-state index in [0.717, 1.165) is 0 Å². The van der Waals surface area contributed by atoms with Gasteiger partial charge in [0.1, 0.15) is 17.2 Å². The molecule has 0 unspecified atom stereocenters. The van der Waals surface area contributed by atoms with E-state index in [-0.39, 0.29) is 5.70 Å². The Morgan fingerprint density at radius 1 is 1.15 bits per heavy atom. The fraction of sp³-hybridized carbons (Fsp3) is 0.263. The van der Waals surface area contributed by atoms with Crippen molar-refractivity contribution >= 4 is 17.9 Å². The maximum Gasteiger partial charge on any atom is 0.267 e. The van der Waals surface area contributed by atoms with Gasteiger partial charge in [-0.25, -0.2) is 0 Å². The summed E-state index contributed by atoms with van der Waals surface area (Å²) in [4.78, 5) is 24.8. The average molecular weight is 358 g/mol. The van der Waals surface area contributed by atoms with Gasteiger partial charge in [-0.1, -0.05) is 0 Å². The summed E-state index contributed by atoms with van der Waals surface area (Å²) in [6, 6.07) is 9.98. The summed E-state index contributed by atoms with van der Waals surface area (Å²) in [6.07, 6.45) is 3.64. The van der Waals surface area contributed by atoms with E-state index in [1.54, 1.807) is 50.6 Å². The van der Waals surface area contributed by atoms with Gasteiger partial charge in [-0.15, -0.1) is 0 Å². The Bertz CT molecular complexity index is 736. The van der Waals surface area contributed by atoms with Gasteiger partial charge in [0.25, 0.3) is 11.8 Å². The van der Waals surface area contributed by atoms with Crippen LogP contribution < -0.4 is 15.4 Å². The second-order valence-corrected chi connectivity index (χ2v) is 5.36. The number of furan rings is 1. The summed E-state index contributed by atoms with van der Waals surface area (Å²) in [6.45, 7) is 0.969. The van der Waals surface area contributed by atoms with E-state index in [1.807, 2.05) is 0 Å². The van der Waals surface area contributed by atoms with Crippen molar-refractivity contribution in [3.05, 3.63) is 59.7 Å². The first kappa shape index (κ1) is 19.3. The number of amides is 2. The second-order valence-electron chi connectivity index (χ2n) is 5.36. The molecule has 2 aromatic rings. The van der Waals surface area contributed by atoms with Crippen LogP contribution in [0.25, 0.3) is 6.08 Å². The fourth-order valence-electron chi connectivity index (χ4n) is 2.12. The predicted molar refractivity (Wildman–Crippen MR) is 96.6 cm³/mol. The van der Waals surface area contributed by atoms with Gasteiger partial charge < -0.3 is 24.5 Å². The largest absolute Gasteiger partial charge is 0.497 e. The normalized spacial score (nSPS) is 11.1. The molecule has 0 saturated heterocycles. The quantitative estimate of drug-likeness (QED) is 0.530. The Morgan fingerprint density at radius 2 is 1.92 bits per heavy atom. The Morgan fingerprint density at radius 3 is 2.54 bits per heavy atom. The molecule has 0 fully saturated rings. The van der Waals surface area contributed by atoms with Crippen molar-refractivity contribution in [2.75, 3.05) is 27.4 Å². The molecule has 7 heteroatoms. The fourth-order valence-corrected chi connectivity index (χ4v) is 2.12.